The molecule has 2 aromatic carbocycles. The third kappa shape index (κ3) is 8.68. The molecule has 2 aromatic rings. The number of Topliss-reactive ketones (excluding diaryl/α,β-unsaturated/α-hetero) is 1. The quantitative estimate of drug-likeness (QED) is 0.193. The molecule has 242 valence electrons. The second-order valence-corrected chi connectivity index (χ2v) is 12.8. The van der Waals surface area contributed by atoms with Crippen LogP contribution in [0.15, 0.2) is 42.5 Å². The van der Waals surface area contributed by atoms with Crippen molar-refractivity contribution in [1.82, 2.24) is 4.90 Å². The number of nitrogens with one attached hydrogen (secondary N) is 1. The molecule has 1 N–H and O–H groups in total. The van der Waals surface area contributed by atoms with Crippen LogP contribution < -0.4 is 5.32 Å². The Bertz CT molecular complexity index is 1200. The van der Waals surface area contributed by atoms with Gasteiger partial charge in [0.15, 0.2) is 5.78 Å². The Morgan fingerprint density at radius 2 is 1.52 bits per heavy atom. The van der Waals surface area contributed by atoms with Crippen LogP contribution in [-0.4, -0.2) is 96.4 Å². The van der Waals surface area contributed by atoms with E-state index in [9.17, 15) is 4.79 Å². The van der Waals surface area contributed by atoms with E-state index in [-0.39, 0.29) is 11.5 Å². The van der Waals surface area contributed by atoms with E-state index in [0.717, 1.165) is 55.2 Å². The Labute approximate surface area is 263 Å². The monoisotopic (exact) mass is 608 g/mol. The summed E-state index contributed by atoms with van der Waals surface area (Å²) in [5, 5.41) is 3.62. The van der Waals surface area contributed by atoms with Crippen LogP contribution in [0.2, 0.25) is 0 Å². The molecule has 1 heterocycles. The molecule has 1 saturated heterocycles. The van der Waals surface area contributed by atoms with Gasteiger partial charge in [0.25, 0.3) is 0 Å². The lowest BCUT2D eigenvalue weighted by Crippen LogP contribution is -2.61. The fraction of sp³-hybridized carbons (Fsp3) is 0.639. The summed E-state index contributed by atoms with van der Waals surface area (Å²) in [6.45, 7) is 12.1. The molecule has 0 spiro atoms. The van der Waals surface area contributed by atoms with Gasteiger partial charge < -0.3 is 29.0 Å². The number of fused-ring (bicyclic) bond motifs is 4. The fourth-order valence-corrected chi connectivity index (χ4v) is 6.74. The minimum atomic E-state index is 0.0196. The van der Waals surface area contributed by atoms with Crippen molar-refractivity contribution in [2.75, 3.05) is 85.0 Å². The maximum absolute atomic E-state index is 13.7. The number of likely N-dealkylation sites (tertiary alicyclic amines) is 1. The maximum atomic E-state index is 13.7. The van der Waals surface area contributed by atoms with Crippen molar-refractivity contribution in [2.45, 2.75) is 57.4 Å². The molecule has 3 aliphatic rings. The molecule has 1 aliphatic heterocycles. The molecule has 2 aliphatic carbocycles. The first-order valence-corrected chi connectivity index (χ1v) is 16.6. The first-order valence-electron chi connectivity index (χ1n) is 16.6. The van der Waals surface area contributed by atoms with Gasteiger partial charge in [-0.05, 0) is 97.4 Å². The molecule has 1 unspecified atom stereocenters. The Kier molecular flexibility index (Phi) is 12.2. The molecule has 8 nitrogen and oxygen atoms in total. The van der Waals surface area contributed by atoms with Crippen LogP contribution in [0.5, 0.6) is 0 Å². The molecular weight excluding hydrogens is 556 g/mol. The van der Waals surface area contributed by atoms with Gasteiger partial charge in [0.1, 0.15) is 0 Å². The number of anilines is 2. The van der Waals surface area contributed by atoms with E-state index in [1.165, 1.54) is 24.0 Å². The van der Waals surface area contributed by atoms with E-state index in [4.69, 9.17) is 23.7 Å². The summed E-state index contributed by atoms with van der Waals surface area (Å²) in [5.41, 5.74) is 5.55. The predicted molar refractivity (Wildman–Crippen MR) is 173 cm³/mol. The molecule has 8 heteroatoms. The number of aryl methyl sites for hydroxylation is 1. The van der Waals surface area contributed by atoms with E-state index in [0.29, 0.717) is 71.2 Å². The zero-order valence-electron chi connectivity index (χ0n) is 27.0. The highest BCUT2D eigenvalue weighted by molar-refractivity contribution is 6.04. The molecular formula is C36H52N2O6. The average Bonchev–Trinajstić information content (AvgIpc) is 3.85. The minimum Gasteiger partial charge on any atom is -0.382 e. The van der Waals surface area contributed by atoms with Crippen LogP contribution in [0, 0.1) is 11.8 Å². The van der Waals surface area contributed by atoms with Gasteiger partial charge in [0.05, 0.1) is 58.9 Å². The van der Waals surface area contributed by atoms with Crippen LogP contribution in [0.1, 0.15) is 61.0 Å². The molecule has 44 heavy (non-hydrogen) atoms. The summed E-state index contributed by atoms with van der Waals surface area (Å²) in [7, 11) is 1.66. The van der Waals surface area contributed by atoms with Crippen molar-refractivity contribution in [3.63, 3.8) is 0 Å². The zero-order valence-corrected chi connectivity index (χ0v) is 27.0. The maximum Gasteiger partial charge on any atom is 0.180 e. The van der Waals surface area contributed by atoms with E-state index in [2.05, 4.69) is 66.5 Å². The molecule has 3 atom stereocenters. The number of carbonyl (C=O) groups excluding carboxylic acids is 1. The van der Waals surface area contributed by atoms with Crippen LogP contribution in [0.4, 0.5) is 11.4 Å². The number of nitrogens with zero attached hydrogens (tertiary/aromatic N) is 1. The normalized spacial score (nSPS) is 23.1. The van der Waals surface area contributed by atoms with Gasteiger partial charge in [-0.15, -0.1) is 0 Å². The molecule has 0 amide bonds. The molecule has 0 radical (unpaired) electrons. The first-order chi connectivity index (χ1) is 21.5. The number of methoxy groups -OCH3 is 1. The average molecular weight is 609 g/mol. The Balaban J connectivity index is 1.02. The van der Waals surface area contributed by atoms with Gasteiger partial charge in [-0.25, -0.2) is 0 Å². The van der Waals surface area contributed by atoms with Gasteiger partial charge in [0.2, 0.25) is 0 Å². The predicted octanol–water partition coefficient (Wildman–Crippen LogP) is 5.65. The molecule has 2 bridgehead atoms. The van der Waals surface area contributed by atoms with Gasteiger partial charge in [-0.1, -0.05) is 26.0 Å². The summed E-state index contributed by atoms with van der Waals surface area (Å²) in [6, 6.07) is 15.0. The largest absolute Gasteiger partial charge is 0.382 e. The second-order valence-electron chi connectivity index (χ2n) is 12.8. The minimum absolute atomic E-state index is 0.0196. The number of hydrogen-bond acceptors (Lipinski definition) is 8. The highest BCUT2D eigenvalue weighted by Gasteiger charge is 2.52. The van der Waals surface area contributed by atoms with Crippen LogP contribution in [0.3, 0.4) is 0 Å². The van der Waals surface area contributed by atoms with Crippen LogP contribution in [0.25, 0.3) is 0 Å². The van der Waals surface area contributed by atoms with E-state index < -0.39 is 0 Å². The molecule has 1 saturated carbocycles. The van der Waals surface area contributed by atoms with E-state index in [1.807, 2.05) is 0 Å². The Morgan fingerprint density at radius 3 is 2.20 bits per heavy atom. The lowest BCUT2D eigenvalue weighted by molar-refractivity contribution is -0.00788. The number of carbonyl (C=O) groups is 1. The third-order valence-corrected chi connectivity index (χ3v) is 9.67. The van der Waals surface area contributed by atoms with Gasteiger partial charge >= 0.3 is 0 Å². The Morgan fingerprint density at radius 1 is 0.864 bits per heavy atom. The summed E-state index contributed by atoms with van der Waals surface area (Å²) >= 11 is 0. The van der Waals surface area contributed by atoms with Crippen molar-refractivity contribution in [1.29, 1.82) is 0 Å². The first kappa shape index (κ1) is 33.0. The van der Waals surface area contributed by atoms with Crippen molar-refractivity contribution >= 4 is 17.2 Å². The SMILES string of the molecule is COCCOCCOCCOCCOCCCc1cccc(Nc2ccc3c(c2)[C@]2(C)CCN(CC4CC4)C(C3=O)[C@@H]2C)c1. The highest BCUT2D eigenvalue weighted by Crippen LogP contribution is 2.50. The summed E-state index contributed by atoms with van der Waals surface area (Å²) in [5.74, 6) is 1.44. The summed E-state index contributed by atoms with van der Waals surface area (Å²) in [6.07, 6.45) is 5.65. The van der Waals surface area contributed by atoms with Crippen molar-refractivity contribution < 1.29 is 28.5 Å². The van der Waals surface area contributed by atoms with Gasteiger partial charge in [-0.2, -0.15) is 0 Å². The number of hydrogen-bond donors (Lipinski definition) is 1. The van der Waals surface area contributed by atoms with Crippen molar-refractivity contribution in [2.24, 2.45) is 11.8 Å². The highest BCUT2D eigenvalue weighted by atomic mass is 16.6. The van der Waals surface area contributed by atoms with E-state index >= 15 is 0 Å². The standard InChI is InChI=1S/C36H52N2O6/c1-27-34-35(39)32-12-11-31(25-33(32)36(27,2)13-14-38(34)26-29-9-10-29)37-30-8-4-6-28(24-30)7-5-15-41-18-19-43-22-23-44-21-20-42-17-16-40-3/h4,6,8,11-12,24-25,27,29,34,37H,5,7,9-10,13-23,26H2,1-3H3/t27-,34?,36+/m0/s1. The molecule has 5 rings (SSSR count). The third-order valence-electron chi connectivity index (χ3n) is 9.67. The van der Waals surface area contributed by atoms with Gasteiger partial charge in [-0.3, -0.25) is 9.69 Å². The van der Waals surface area contributed by atoms with Crippen molar-refractivity contribution in [3.8, 4) is 0 Å². The number of rotatable bonds is 20. The number of piperidine rings is 1. The summed E-state index contributed by atoms with van der Waals surface area (Å²) in [4.78, 5) is 16.2. The number of ether oxygens (including phenoxy) is 5. The zero-order chi connectivity index (χ0) is 30.8. The van der Waals surface area contributed by atoms with Crippen molar-refractivity contribution in [3.05, 3.63) is 59.2 Å². The molecule has 0 aromatic heterocycles. The van der Waals surface area contributed by atoms with Gasteiger partial charge in [0, 0.05) is 37.2 Å². The second kappa shape index (κ2) is 16.3. The topological polar surface area (TPSA) is 78.5 Å². The Hall–Kier alpha value is -2.33. The van der Waals surface area contributed by atoms with E-state index in [1.54, 1.807) is 7.11 Å². The fourth-order valence-electron chi connectivity index (χ4n) is 6.74. The number of ketones is 1. The molecule has 2 fully saturated rings. The smallest absolute Gasteiger partial charge is 0.180 e. The van der Waals surface area contributed by atoms with Crippen LogP contribution >= 0.6 is 0 Å². The summed E-state index contributed by atoms with van der Waals surface area (Å²) < 4.78 is 27.1. The lowest BCUT2D eigenvalue weighted by atomic mass is 9.58. The number of benzene rings is 2. The van der Waals surface area contributed by atoms with Crippen LogP contribution in [-0.2, 0) is 35.5 Å². The lowest BCUT2D eigenvalue weighted by Gasteiger charge is -2.53.